The van der Waals surface area contributed by atoms with E-state index in [9.17, 15) is 14.9 Å². The molecule has 0 aliphatic rings. The lowest BCUT2D eigenvalue weighted by Crippen LogP contribution is -2.03. The molecule has 0 atom stereocenters. The number of nitrogens with zero attached hydrogens (tertiary/aromatic N) is 1. The third kappa shape index (κ3) is 2.43. The molecule has 0 heterocycles. The van der Waals surface area contributed by atoms with E-state index < -0.39 is 15.9 Å². The number of hydrogen-bond acceptors (Lipinski definition) is 4. The van der Waals surface area contributed by atoms with Gasteiger partial charge in [-0.1, -0.05) is 11.6 Å². The maximum Gasteiger partial charge on any atom is 0.324 e. The van der Waals surface area contributed by atoms with Crippen molar-refractivity contribution >= 4 is 34.1 Å². The van der Waals surface area contributed by atoms with Crippen LogP contribution < -0.4 is 4.74 Å². The molecule has 0 N–H and O–H groups in total. The Morgan fingerprint density at radius 3 is 2.62 bits per heavy atom. The average Bonchev–Trinajstić information content (AvgIpc) is 2.20. The summed E-state index contributed by atoms with van der Waals surface area (Å²) in [5, 5.41) is 9.97. The molecule has 0 aromatic heterocycles. The lowest BCUT2D eigenvalue weighted by molar-refractivity contribution is -0.386. The molecule has 1 aromatic rings. The Morgan fingerprint density at radius 2 is 2.19 bits per heavy atom. The lowest BCUT2D eigenvalue weighted by atomic mass is 10.2. The number of rotatable bonds is 4. The van der Waals surface area contributed by atoms with E-state index in [2.05, 4.69) is 0 Å². The quantitative estimate of drug-likeness (QED) is 0.476. The van der Waals surface area contributed by atoms with Gasteiger partial charge in [0.05, 0.1) is 16.6 Å². The maximum atomic E-state index is 11.0. The summed E-state index contributed by atoms with van der Waals surface area (Å²) < 4.78 is 5.04. The Hall–Kier alpha value is -1.33. The number of halogens is 2. The van der Waals surface area contributed by atoms with Gasteiger partial charge in [0, 0.05) is 0 Å². The zero-order chi connectivity index (χ0) is 12.3. The number of nitro benzene ring substituents is 1. The SMILES string of the molecule is CCOc1c(Cl)ccc(C(=O)Cl)c1[N+](=O)[O-]. The zero-order valence-electron chi connectivity index (χ0n) is 8.20. The van der Waals surface area contributed by atoms with Crippen LogP contribution in [0.2, 0.25) is 5.02 Å². The normalized spacial score (nSPS) is 9.94. The summed E-state index contributed by atoms with van der Waals surface area (Å²) in [6, 6.07) is 2.52. The fraction of sp³-hybridized carbons (Fsp3) is 0.222. The van der Waals surface area contributed by atoms with Gasteiger partial charge in [-0.25, -0.2) is 0 Å². The Kier molecular flexibility index (Phi) is 4.09. The second-order valence-corrected chi connectivity index (χ2v) is 3.49. The smallest absolute Gasteiger partial charge is 0.324 e. The van der Waals surface area contributed by atoms with Crippen molar-refractivity contribution < 1.29 is 14.5 Å². The van der Waals surface area contributed by atoms with Gasteiger partial charge < -0.3 is 4.74 Å². The molecule has 86 valence electrons. The van der Waals surface area contributed by atoms with Crippen molar-refractivity contribution in [1.29, 1.82) is 0 Å². The molecule has 0 aliphatic carbocycles. The molecular weight excluding hydrogens is 257 g/mol. The van der Waals surface area contributed by atoms with E-state index in [1.165, 1.54) is 12.1 Å². The molecule has 1 aromatic carbocycles. The van der Waals surface area contributed by atoms with Crippen LogP contribution >= 0.6 is 23.2 Å². The first-order chi connectivity index (χ1) is 7.49. The van der Waals surface area contributed by atoms with Gasteiger partial charge in [0.15, 0.2) is 0 Å². The van der Waals surface area contributed by atoms with E-state index in [4.69, 9.17) is 27.9 Å². The number of ether oxygens (including phenoxy) is 1. The van der Waals surface area contributed by atoms with Crippen LogP contribution in [0.1, 0.15) is 17.3 Å². The molecule has 0 saturated carbocycles. The topological polar surface area (TPSA) is 69.4 Å². The van der Waals surface area contributed by atoms with Crippen molar-refractivity contribution in [1.82, 2.24) is 0 Å². The fourth-order valence-corrected chi connectivity index (χ4v) is 1.53. The standard InChI is InChI=1S/C9H7Cl2NO4/c1-2-16-8-6(10)4-3-5(9(11)13)7(8)12(14)15/h3-4H,2H2,1H3. The van der Waals surface area contributed by atoms with Crippen LogP contribution in [0.4, 0.5) is 5.69 Å². The summed E-state index contributed by atoms with van der Waals surface area (Å²) in [4.78, 5) is 21.1. The molecule has 0 spiro atoms. The fourth-order valence-electron chi connectivity index (χ4n) is 1.17. The maximum absolute atomic E-state index is 11.0. The number of nitro groups is 1. The highest BCUT2D eigenvalue weighted by Crippen LogP contribution is 2.38. The Balaban J connectivity index is 3.49. The first kappa shape index (κ1) is 12.7. The summed E-state index contributed by atoms with van der Waals surface area (Å²) in [7, 11) is 0. The number of carbonyl (C=O) groups is 1. The van der Waals surface area contributed by atoms with E-state index in [0.717, 1.165) is 0 Å². The molecule has 0 aliphatic heterocycles. The van der Waals surface area contributed by atoms with Crippen molar-refractivity contribution in [2.75, 3.05) is 6.61 Å². The Labute approximate surface area is 101 Å². The molecule has 0 unspecified atom stereocenters. The third-order valence-electron chi connectivity index (χ3n) is 1.77. The van der Waals surface area contributed by atoms with Gasteiger partial charge in [0.1, 0.15) is 5.56 Å². The third-order valence-corrected chi connectivity index (χ3v) is 2.27. The molecule has 7 heteroatoms. The summed E-state index contributed by atoms with van der Waals surface area (Å²) in [5.41, 5.74) is -0.742. The van der Waals surface area contributed by atoms with Crippen LogP contribution in [-0.2, 0) is 0 Å². The molecule has 0 saturated heterocycles. The van der Waals surface area contributed by atoms with Gasteiger partial charge in [-0.2, -0.15) is 0 Å². The van der Waals surface area contributed by atoms with Crippen molar-refractivity contribution in [3.05, 3.63) is 32.8 Å². The van der Waals surface area contributed by atoms with Crippen LogP contribution in [0.5, 0.6) is 5.75 Å². The van der Waals surface area contributed by atoms with Crippen LogP contribution in [0.3, 0.4) is 0 Å². The monoisotopic (exact) mass is 263 g/mol. The highest BCUT2D eigenvalue weighted by Gasteiger charge is 2.27. The van der Waals surface area contributed by atoms with Crippen molar-refractivity contribution in [3.8, 4) is 5.75 Å². The summed E-state index contributed by atoms with van der Waals surface area (Å²) in [5.74, 6) is -0.138. The molecule has 16 heavy (non-hydrogen) atoms. The average molecular weight is 264 g/mol. The van der Waals surface area contributed by atoms with Crippen LogP contribution in [0.15, 0.2) is 12.1 Å². The van der Waals surface area contributed by atoms with E-state index in [1.807, 2.05) is 0 Å². The number of benzene rings is 1. The molecule has 0 fully saturated rings. The minimum absolute atomic E-state index is 0.0650. The highest BCUT2D eigenvalue weighted by atomic mass is 35.5. The van der Waals surface area contributed by atoms with Gasteiger partial charge in [-0.15, -0.1) is 0 Å². The lowest BCUT2D eigenvalue weighted by Gasteiger charge is -2.07. The second kappa shape index (κ2) is 5.14. The molecule has 0 radical (unpaired) electrons. The van der Waals surface area contributed by atoms with Gasteiger partial charge >= 0.3 is 5.69 Å². The van der Waals surface area contributed by atoms with Gasteiger partial charge in [0.25, 0.3) is 5.24 Å². The van der Waals surface area contributed by atoms with E-state index in [-0.39, 0.29) is 22.9 Å². The second-order valence-electron chi connectivity index (χ2n) is 2.74. The molecule has 5 nitrogen and oxygen atoms in total. The van der Waals surface area contributed by atoms with Gasteiger partial charge in [0.2, 0.25) is 5.75 Å². The molecule has 0 amide bonds. The zero-order valence-corrected chi connectivity index (χ0v) is 9.71. The van der Waals surface area contributed by atoms with Crippen molar-refractivity contribution in [2.24, 2.45) is 0 Å². The first-order valence-electron chi connectivity index (χ1n) is 4.28. The minimum atomic E-state index is -0.927. The van der Waals surface area contributed by atoms with E-state index in [1.54, 1.807) is 6.92 Å². The van der Waals surface area contributed by atoms with Gasteiger partial charge in [-0.3, -0.25) is 14.9 Å². The van der Waals surface area contributed by atoms with Crippen LogP contribution in [0, 0.1) is 10.1 Å². The highest BCUT2D eigenvalue weighted by molar-refractivity contribution is 6.68. The first-order valence-corrected chi connectivity index (χ1v) is 5.04. The van der Waals surface area contributed by atoms with E-state index in [0.29, 0.717) is 0 Å². The van der Waals surface area contributed by atoms with E-state index >= 15 is 0 Å². The number of hydrogen-bond donors (Lipinski definition) is 0. The predicted molar refractivity (Wildman–Crippen MR) is 59.5 cm³/mol. The van der Waals surface area contributed by atoms with Crippen LogP contribution in [0.25, 0.3) is 0 Å². The number of carbonyl (C=O) groups excluding carboxylic acids is 1. The van der Waals surface area contributed by atoms with Crippen molar-refractivity contribution in [2.45, 2.75) is 6.92 Å². The Morgan fingerprint density at radius 1 is 1.56 bits per heavy atom. The summed E-state index contributed by atoms with van der Waals surface area (Å²) in [6.45, 7) is 1.84. The van der Waals surface area contributed by atoms with Crippen LogP contribution in [-0.4, -0.2) is 16.8 Å². The summed E-state index contributed by atoms with van der Waals surface area (Å²) >= 11 is 11.0. The molecular formula is C9H7Cl2NO4. The Bertz CT molecular complexity index is 447. The summed E-state index contributed by atoms with van der Waals surface area (Å²) in [6.07, 6.45) is 0. The predicted octanol–water partition coefficient (Wildman–Crippen LogP) is 3.03. The van der Waals surface area contributed by atoms with Crippen molar-refractivity contribution in [3.63, 3.8) is 0 Å². The molecule has 1 rings (SSSR count). The largest absolute Gasteiger partial charge is 0.486 e. The minimum Gasteiger partial charge on any atom is -0.486 e. The van der Waals surface area contributed by atoms with Gasteiger partial charge in [-0.05, 0) is 30.7 Å². The molecule has 0 bridgehead atoms.